The third-order valence-electron chi connectivity index (χ3n) is 2.46. The monoisotopic (exact) mass is 282 g/mol. The molecular weight excluding hydrogens is 263 g/mol. The van der Waals surface area contributed by atoms with Crippen molar-refractivity contribution < 1.29 is 4.74 Å². The molecule has 2 atom stereocenters. The van der Waals surface area contributed by atoms with Crippen LogP contribution in [0.15, 0.2) is 0 Å². The Morgan fingerprint density at radius 3 is 2.67 bits per heavy atom. The van der Waals surface area contributed by atoms with Crippen LogP contribution in [0, 0.1) is 5.92 Å². The standard InChI is InChI=1S/C10H19IO/c1-8(2)6-9-4-5-10(3,7-11)12-9/h8-9H,4-7H2,1-3H3. The molecule has 1 fully saturated rings. The zero-order valence-corrected chi connectivity index (χ0v) is 10.4. The van der Waals surface area contributed by atoms with Crippen LogP contribution in [0.4, 0.5) is 0 Å². The molecule has 0 spiro atoms. The summed E-state index contributed by atoms with van der Waals surface area (Å²) in [5, 5.41) is 0. The fourth-order valence-corrected chi connectivity index (χ4v) is 2.34. The van der Waals surface area contributed by atoms with Gasteiger partial charge in [-0.1, -0.05) is 36.4 Å². The lowest BCUT2D eigenvalue weighted by Gasteiger charge is -2.22. The normalized spacial score (nSPS) is 36.2. The molecule has 0 saturated carbocycles. The van der Waals surface area contributed by atoms with Crippen LogP contribution in [0.3, 0.4) is 0 Å². The molecule has 0 amide bonds. The van der Waals surface area contributed by atoms with E-state index in [1.165, 1.54) is 19.3 Å². The van der Waals surface area contributed by atoms with Gasteiger partial charge in [0.1, 0.15) is 0 Å². The number of alkyl halides is 1. The van der Waals surface area contributed by atoms with Gasteiger partial charge in [-0.25, -0.2) is 0 Å². The zero-order chi connectivity index (χ0) is 9.19. The van der Waals surface area contributed by atoms with Crippen molar-refractivity contribution in [3.63, 3.8) is 0 Å². The van der Waals surface area contributed by atoms with E-state index >= 15 is 0 Å². The van der Waals surface area contributed by atoms with Crippen LogP contribution in [-0.2, 0) is 4.74 Å². The van der Waals surface area contributed by atoms with Crippen molar-refractivity contribution in [3.8, 4) is 0 Å². The lowest BCUT2D eigenvalue weighted by Crippen LogP contribution is -2.26. The predicted octanol–water partition coefficient (Wildman–Crippen LogP) is 3.41. The van der Waals surface area contributed by atoms with Crippen molar-refractivity contribution in [1.82, 2.24) is 0 Å². The molecule has 1 saturated heterocycles. The van der Waals surface area contributed by atoms with Crippen LogP contribution >= 0.6 is 22.6 Å². The number of hydrogen-bond donors (Lipinski definition) is 0. The quantitative estimate of drug-likeness (QED) is 0.569. The molecule has 1 rings (SSSR count). The number of halogens is 1. The van der Waals surface area contributed by atoms with Crippen LogP contribution in [0.1, 0.15) is 40.0 Å². The lowest BCUT2D eigenvalue weighted by molar-refractivity contribution is -0.0177. The average Bonchev–Trinajstić information content (AvgIpc) is 2.32. The molecule has 12 heavy (non-hydrogen) atoms. The summed E-state index contributed by atoms with van der Waals surface area (Å²) in [6.07, 6.45) is 4.27. The van der Waals surface area contributed by atoms with Gasteiger partial charge in [0.2, 0.25) is 0 Å². The molecule has 2 unspecified atom stereocenters. The maximum atomic E-state index is 6.00. The molecular formula is C10H19IO. The van der Waals surface area contributed by atoms with E-state index in [0.29, 0.717) is 6.10 Å². The van der Waals surface area contributed by atoms with Crippen molar-refractivity contribution in [2.45, 2.75) is 51.7 Å². The smallest absolute Gasteiger partial charge is 0.0748 e. The topological polar surface area (TPSA) is 9.23 Å². The Bertz CT molecular complexity index is 147. The van der Waals surface area contributed by atoms with Gasteiger partial charge in [0, 0.05) is 4.43 Å². The average molecular weight is 282 g/mol. The molecule has 1 aliphatic heterocycles. The Hall–Kier alpha value is 0.690. The van der Waals surface area contributed by atoms with E-state index in [-0.39, 0.29) is 5.60 Å². The highest BCUT2D eigenvalue weighted by molar-refractivity contribution is 14.1. The summed E-state index contributed by atoms with van der Waals surface area (Å²) in [5.41, 5.74) is 0.181. The highest BCUT2D eigenvalue weighted by Crippen LogP contribution is 2.34. The van der Waals surface area contributed by atoms with E-state index in [4.69, 9.17) is 4.74 Å². The molecule has 0 aromatic rings. The van der Waals surface area contributed by atoms with E-state index in [2.05, 4.69) is 43.4 Å². The van der Waals surface area contributed by atoms with Gasteiger partial charge in [0.15, 0.2) is 0 Å². The summed E-state index contributed by atoms with van der Waals surface area (Å²) in [5.74, 6) is 0.770. The van der Waals surface area contributed by atoms with Crippen molar-refractivity contribution >= 4 is 22.6 Å². The summed E-state index contributed by atoms with van der Waals surface area (Å²) in [4.78, 5) is 0. The second-order valence-corrected chi connectivity index (χ2v) is 5.25. The first-order chi connectivity index (χ1) is 5.56. The van der Waals surface area contributed by atoms with Gasteiger partial charge >= 0.3 is 0 Å². The molecule has 1 heterocycles. The fraction of sp³-hybridized carbons (Fsp3) is 1.00. The van der Waals surface area contributed by atoms with Gasteiger partial charge in [0.25, 0.3) is 0 Å². The van der Waals surface area contributed by atoms with Gasteiger partial charge < -0.3 is 4.74 Å². The highest BCUT2D eigenvalue weighted by Gasteiger charge is 2.34. The molecule has 2 heteroatoms. The van der Waals surface area contributed by atoms with Crippen LogP contribution in [0.25, 0.3) is 0 Å². The van der Waals surface area contributed by atoms with E-state index in [0.717, 1.165) is 10.3 Å². The molecule has 0 radical (unpaired) electrons. The minimum absolute atomic E-state index is 0.181. The molecule has 72 valence electrons. The van der Waals surface area contributed by atoms with Crippen molar-refractivity contribution in [3.05, 3.63) is 0 Å². The largest absolute Gasteiger partial charge is 0.371 e. The first-order valence-corrected chi connectivity index (χ1v) is 6.32. The molecule has 1 nitrogen and oxygen atoms in total. The molecule has 0 aliphatic carbocycles. The SMILES string of the molecule is CC(C)CC1CCC(C)(CI)O1. The predicted molar refractivity (Wildman–Crippen MR) is 60.9 cm³/mol. The van der Waals surface area contributed by atoms with Crippen molar-refractivity contribution in [1.29, 1.82) is 0 Å². The van der Waals surface area contributed by atoms with Crippen LogP contribution in [0.5, 0.6) is 0 Å². The van der Waals surface area contributed by atoms with E-state index < -0.39 is 0 Å². The molecule has 0 aromatic heterocycles. The summed E-state index contributed by atoms with van der Waals surface area (Å²) < 4.78 is 7.13. The van der Waals surface area contributed by atoms with Crippen molar-refractivity contribution in [2.75, 3.05) is 4.43 Å². The first-order valence-electron chi connectivity index (χ1n) is 4.79. The second kappa shape index (κ2) is 4.27. The molecule has 0 N–H and O–H groups in total. The third kappa shape index (κ3) is 2.87. The highest BCUT2D eigenvalue weighted by atomic mass is 127. The first kappa shape index (κ1) is 10.8. The molecule has 0 bridgehead atoms. The van der Waals surface area contributed by atoms with Gasteiger partial charge in [-0.05, 0) is 32.1 Å². The number of ether oxygens (including phenoxy) is 1. The summed E-state index contributed by atoms with van der Waals surface area (Å²) in [6.45, 7) is 6.77. The van der Waals surface area contributed by atoms with Gasteiger partial charge in [-0.15, -0.1) is 0 Å². The maximum Gasteiger partial charge on any atom is 0.0748 e. The fourth-order valence-electron chi connectivity index (χ4n) is 1.78. The summed E-state index contributed by atoms with van der Waals surface area (Å²) in [7, 11) is 0. The van der Waals surface area contributed by atoms with Crippen LogP contribution < -0.4 is 0 Å². The minimum Gasteiger partial charge on any atom is -0.371 e. The summed E-state index contributed by atoms with van der Waals surface area (Å²) in [6, 6.07) is 0. The third-order valence-corrected chi connectivity index (χ3v) is 4.08. The Labute approximate surface area is 89.4 Å². The van der Waals surface area contributed by atoms with E-state index in [1.54, 1.807) is 0 Å². The maximum absolute atomic E-state index is 6.00. The van der Waals surface area contributed by atoms with Crippen LogP contribution in [-0.4, -0.2) is 16.1 Å². The van der Waals surface area contributed by atoms with Crippen LogP contribution in [0.2, 0.25) is 0 Å². The number of rotatable bonds is 3. The summed E-state index contributed by atoms with van der Waals surface area (Å²) >= 11 is 2.42. The van der Waals surface area contributed by atoms with Gasteiger partial charge in [0.05, 0.1) is 11.7 Å². The Kier molecular flexibility index (Phi) is 3.83. The van der Waals surface area contributed by atoms with Gasteiger partial charge in [-0.3, -0.25) is 0 Å². The van der Waals surface area contributed by atoms with Gasteiger partial charge in [-0.2, -0.15) is 0 Å². The Balaban J connectivity index is 2.35. The minimum atomic E-state index is 0.181. The second-order valence-electron chi connectivity index (χ2n) is 4.49. The van der Waals surface area contributed by atoms with Crippen molar-refractivity contribution in [2.24, 2.45) is 5.92 Å². The van der Waals surface area contributed by atoms with E-state index in [9.17, 15) is 0 Å². The zero-order valence-electron chi connectivity index (χ0n) is 8.27. The Morgan fingerprint density at radius 1 is 1.58 bits per heavy atom. The molecule has 0 aromatic carbocycles. The number of hydrogen-bond acceptors (Lipinski definition) is 1. The van der Waals surface area contributed by atoms with E-state index in [1.807, 2.05) is 0 Å². The molecule has 1 aliphatic rings. The lowest BCUT2D eigenvalue weighted by atomic mass is 10.0. The Morgan fingerprint density at radius 2 is 2.25 bits per heavy atom.